The molecule has 0 aliphatic carbocycles. The number of anilines is 1. The third-order valence-corrected chi connectivity index (χ3v) is 3.00. The van der Waals surface area contributed by atoms with E-state index in [9.17, 15) is 0 Å². The maximum atomic E-state index is 5.86. The van der Waals surface area contributed by atoms with E-state index in [1.54, 1.807) is 11.6 Å². The fourth-order valence-electron chi connectivity index (χ4n) is 1.86. The van der Waals surface area contributed by atoms with E-state index in [0.29, 0.717) is 34.4 Å². The molecule has 6 nitrogen and oxygen atoms in total. The van der Waals surface area contributed by atoms with E-state index in [2.05, 4.69) is 20.3 Å². The highest BCUT2D eigenvalue weighted by Crippen LogP contribution is 2.16. The third kappa shape index (κ3) is 2.22. The molecule has 0 bridgehead atoms. The standard InChI is InChI=1S/C12H11ClN6/c1-7-15-11(14)10-12(16-7)19(18-17-10)6-8-2-4-9(13)5-3-8/h2-5H,6H2,1H3,(H2,14,15,16). The number of aryl methyl sites for hydroxylation is 1. The van der Waals surface area contributed by atoms with Gasteiger partial charge in [0.2, 0.25) is 0 Å². The van der Waals surface area contributed by atoms with Crippen LogP contribution in [0.25, 0.3) is 11.2 Å². The molecule has 1 aromatic carbocycles. The van der Waals surface area contributed by atoms with Gasteiger partial charge in [0, 0.05) is 5.02 Å². The molecule has 96 valence electrons. The third-order valence-electron chi connectivity index (χ3n) is 2.75. The van der Waals surface area contributed by atoms with Crippen molar-refractivity contribution in [1.29, 1.82) is 0 Å². The van der Waals surface area contributed by atoms with Crippen molar-refractivity contribution >= 4 is 28.6 Å². The Bertz CT molecular complexity index is 734. The molecule has 3 rings (SSSR count). The molecule has 0 unspecified atom stereocenters. The van der Waals surface area contributed by atoms with Crippen LogP contribution in [0.4, 0.5) is 5.82 Å². The van der Waals surface area contributed by atoms with Crippen molar-refractivity contribution in [3.63, 3.8) is 0 Å². The largest absolute Gasteiger partial charge is 0.382 e. The van der Waals surface area contributed by atoms with Gasteiger partial charge in [-0.3, -0.25) is 0 Å². The number of nitrogens with zero attached hydrogens (tertiary/aromatic N) is 5. The van der Waals surface area contributed by atoms with Gasteiger partial charge in [-0.2, -0.15) is 0 Å². The molecular weight excluding hydrogens is 264 g/mol. The Labute approximate surface area is 114 Å². The molecule has 0 spiro atoms. The van der Waals surface area contributed by atoms with Gasteiger partial charge < -0.3 is 5.73 Å². The lowest BCUT2D eigenvalue weighted by molar-refractivity contribution is 0.663. The Morgan fingerprint density at radius 2 is 1.95 bits per heavy atom. The second kappa shape index (κ2) is 4.47. The molecule has 0 atom stereocenters. The van der Waals surface area contributed by atoms with Gasteiger partial charge in [-0.15, -0.1) is 5.10 Å². The minimum atomic E-state index is 0.352. The van der Waals surface area contributed by atoms with Gasteiger partial charge in [-0.25, -0.2) is 14.6 Å². The number of hydrogen-bond donors (Lipinski definition) is 1. The molecule has 0 saturated heterocycles. The number of nitrogen functional groups attached to an aromatic ring is 1. The molecule has 0 fully saturated rings. The first-order chi connectivity index (χ1) is 9.13. The first-order valence-electron chi connectivity index (χ1n) is 5.71. The molecule has 7 heteroatoms. The molecule has 0 aliphatic heterocycles. The molecular formula is C12H11ClN6. The summed E-state index contributed by atoms with van der Waals surface area (Å²) in [5.41, 5.74) is 8.03. The summed E-state index contributed by atoms with van der Waals surface area (Å²) in [6.07, 6.45) is 0. The van der Waals surface area contributed by atoms with Crippen LogP contribution in [0, 0.1) is 6.92 Å². The average molecular weight is 275 g/mol. The fourth-order valence-corrected chi connectivity index (χ4v) is 1.99. The highest BCUT2D eigenvalue weighted by Gasteiger charge is 2.11. The Hall–Kier alpha value is -2.21. The summed E-state index contributed by atoms with van der Waals surface area (Å²) in [5, 5.41) is 8.78. The van der Waals surface area contributed by atoms with E-state index in [1.165, 1.54) is 0 Å². The highest BCUT2D eigenvalue weighted by molar-refractivity contribution is 6.30. The SMILES string of the molecule is Cc1nc(N)c2nnn(Cc3ccc(Cl)cc3)c2n1. The highest BCUT2D eigenvalue weighted by atomic mass is 35.5. The minimum absolute atomic E-state index is 0.352. The fraction of sp³-hybridized carbons (Fsp3) is 0.167. The van der Waals surface area contributed by atoms with Crippen molar-refractivity contribution in [3.05, 3.63) is 40.7 Å². The Morgan fingerprint density at radius 1 is 1.21 bits per heavy atom. The number of rotatable bonds is 2. The van der Waals surface area contributed by atoms with Gasteiger partial charge in [-0.05, 0) is 24.6 Å². The van der Waals surface area contributed by atoms with Crippen LogP contribution in [0.2, 0.25) is 5.02 Å². The molecule has 3 aromatic rings. The van der Waals surface area contributed by atoms with E-state index in [1.807, 2.05) is 24.3 Å². The average Bonchev–Trinajstić information content (AvgIpc) is 2.76. The number of benzene rings is 1. The number of nitrogens with two attached hydrogens (primary N) is 1. The van der Waals surface area contributed by atoms with Crippen molar-refractivity contribution in [2.45, 2.75) is 13.5 Å². The van der Waals surface area contributed by atoms with E-state index in [-0.39, 0.29) is 0 Å². The van der Waals surface area contributed by atoms with Crippen molar-refractivity contribution in [2.75, 3.05) is 5.73 Å². The van der Waals surface area contributed by atoms with Crippen molar-refractivity contribution < 1.29 is 0 Å². The van der Waals surface area contributed by atoms with E-state index >= 15 is 0 Å². The second-order valence-corrected chi connectivity index (χ2v) is 4.64. The molecule has 19 heavy (non-hydrogen) atoms. The molecule has 0 saturated carbocycles. The van der Waals surface area contributed by atoms with Crippen LogP contribution >= 0.6 is 11.6 Å². The first-order valence-corrected chi connectivity index (χ1v) is 6.09. The van der Waals surface area contributed by atoms with Crippen LogP contribution in [0.1, 0.15) is 11.4 Å². The predicted molar refractivity (Wildman–Crippen MR) is 72.8 cm³/mol. The number of halogens is 1. The van der Waals surface area contributed by atoms with Gasteiger partial charge in [0.25, 0.3) is 0 Å². The smallest absolute Gasteiger partial charge is 0.184 e. The Kier molecular flexibility index (Phi) is 2.79. The maximum absolute atomic E-state index is 5.86. The number of fused-ring (bicyclic) bond motifs is 1. The van der Waals surface area contributed by atoms with Crippen LogP contribution < -0.4 is 5.73 Å². The summed E-state index contributed by atoms with van der Waals surface area (Å²) in [7, 11) is 0. The zero-order chi connectivity index (χ0) is 13.4. The summed E-state index contributed by atoms with van der Waals surface area (Å²) in [5.74, 6) is 0.953. The molecule has 2 aromatic heterocycles. The van der Waals surface area contributed by atoms with Gasteiger partial charge in [0.15, 0.2) is 17.0 Å². The van der Waals surface area contributed by atoms with Crippen LogP contribution in [-0.2, 0) is 6.54 Å². The molecule has 0 radical (unpaired) electrons. The van der Waals surface area contributed by atoms with Gasteiger partial charge >= 0.3 is 0 Å². The summed E-state index contributed by atoms with van der Waals surface area (Å²) in [6.45, 7) is 2.35. The zero-order valence-corrected chi connectivity index (χ0v) is 11.0. The summed E-state index contributed by atoms with van der Waals surface area (Å²) in [6, 6.07) is 7.55. The van der Waals surface area contributed by atoms with Crippen LogP contribution in [0.15, 0.2) is 24.3 Å². The lowest BCUT2D eigenvalue weighted by atomic mass is 10.2. The summed E-state index contributed by atoms with van der Waals surface area (Å²) >= 11 is 5.86. The number of aromatic nitrogens is 5. The van der Waals surface area contributed by atoms with E-state index in [4.69, 9.17) is 17.3 Å². The van der Waals surface area contributed by atoms with E-state index in [0.717, 1.165) is 5.56 Å². The van der Waals surface area contributed by atoms with Gasteiger partial charge in [-0.1, -0.05) is 28.9 Å². The first kappa shape index (κ1) is 11.9. The van der Waals surface area contributed by atoms with Crippen LogP contribution in [-0.4, -0.2) is 25.0 Å². The van der Waals surface area contributed by atoms with Gasteiger partial charge in [0.1, 0.15) is 5.82 Å². The topological polar surface area (TPSA) is 82.5 Å². The Balaban J connectivity index is 2.03. The monoisotopic (exact) mass is 274 g/mol. The van der Waals surface area contributed by atoms with Crippen LogP contribution in [0.3, 0.4) is 0 Å². The zero-order valence-electron chi connectivity index (χ0n) is 10.2. The molecule has 2 N–H and O–H groups in total. The summed E-state index contributed by atoms with van der Waals surface area (Å²) in [4.78, 5) is 8.40. The van der Waals surface area contributed by atoms with Crippen LogP contribution in [0.5, 0.6) is 0 Å². The lowest BCUT2D eigenvalue weighted by Crippen LogP contribution is -2.04. The molecule has 2 heterocycles. The lowest BCUT2D eigenvalue weighted by Gasteiger charge is -2.03. The molecule has 0 amide bonds. The van der Waals surface area contributed by atoms with Crippen molar-refractivity contribution in [1.82, 2.24) is 25.0 Å². The quantitative estimate of drug-likeness (QED) is 0.771. The maximum Gasteiger partial charge on any atom is 0.184 e. The summed E-state index contributed by atoms with van der Waals surface area (Å²) < 4.78 is 1.70. The second-order valence-electron chi connectivity index (χ2n) is 4.20. The van der Waals surface area contributed by atoms with Crippen molar-refractivity contribution in [3.8, 4) is 0 Å². The van der Waals surface area contributed by atoms with E-state index < -0.39 is 0 Å². The Morgan fingerprint density at radius 3 is 2.68 bits per heavy atom. The number of hydrogen-bond acceptors (Lipinski definition) is 5. The van der Waals surface area contributed by atoms with Crippen molar-refractivity contribution in [2.24, 2.45) is 0 Å². The minimum Gasteiger partial charge on any atom is -0.382 e. The van der Waals surface area contributed by atoms with Gasteiger partial charge in [0.05, 0.1) is 6.54 Å². The normalized spacial score (nSPS) is 11.1. The predicted octanol–water partition coefficient (Wildman–Crippen LogP) is 1.81. The molecule has 0 aliphatic rings.